The molecule has 0 heterocycles. The standard InChI is InChI=1S/C15H14O3/c1-10(2)9-15(17)18-14-8-7-13(16)11-5-3-4-6-12(11)14/h3-9,16H,1-2H3. The number of phenolic OH excluding ortho intramolecular Hbond substituents is 1. The van der Waals surface area contributed by atoms with E-state index in [1.165, 1.54) is 12.1 Å². The Morgan fingerprint density at radius 1 is 1.11 bits per heavy atom. The fourth-order valence-electron chi connectivity index (χ4n) is 1.72. The number of benzene rings is 2. The first-order valence-corrected chi connectivity index (χ1v) is 5.65. The van der Waals surface area contributed by atoms with Gasteiger partial charge in [0.25, 0.3) is 0 Å². The fraction of sp³-hybridized carbons (Fsp3) is 0.133. The molecule has 2 aromatic carbocycles. The Balaban J connectivity index is 2.43. The lowest BCUT2D eigenvalue weighted by molar-refractivity contribution is -0.128. The number of allylic oxidation sites excluding steroid dienone is 1. The predicted octanol–water partition coefficient (Wildman–Crippen LogP) is 3.42. The normalized spacial score (nSPS) is 10.1. The summed E-state index contributed by atoms with van der Waals surface area (Å²) in [7, 11) is 0. The SMILES string of the molecule is CC(C)=CC(=O)Oc1ccc(O)c2ccccc12. The molecule has 92 valence electrons. The number of esters is 1. The van der Waals surface area contributed by atoms with E-state index in [1.807, 2.05) is 26.0 Å². The highest BCUT2D eigenvalue weighted by molar-refractivity contribution is 5.95. The second kappa shape index (κ2) is 4.92. The minimum atomic E-state index is -0.411. The zero-order valence-corrected chi connectivity index (χ0v) is 10.3. The third-order valence-corrected chi connectivity index (χ3v) is 2.48. The number of fused-ring (bicyclic) bond motifs is 1. The van der Waals surface area contributed by atoms with Crippen molar-refractivity contribution in [1.82, 2.24) is 0 Å². The van der Waals surface area contributed by atoms with Crippen molar-refractivity contribution in [1.29, 1.82) is 0 Å². The van der Waals surface area contributed by atoms with Crippen LogP contribution in [0, 0.1) is 0 Å². The van der Waals surface area contributed by atoms with Crippen LogP contribution >= 0.6 is 0 Å². The lowest BCUT2D eigenvalue weighted by Gasteiger charge is -2.07. The Kier molecular flexibility index (Phi) is 3.33. The Morgan fingerprint density at radius 3 is 2.44 bits per heavy atom. The molecule has 2 rings (SSSR count). The molecule has 0 unspecified atom stereocenters. The lowest BCUT2D eigenvalue weighted by Crippen LogP contribution is -2.04. The fourth-order valence-corrected chi connectivity index (χ4v) is 1.72. The van der Waals surface area contributed by atoms with Gasteiger partial charge in [-0.3, -0.25) is 0 Å². The molecule has 0 aliphatic heterocycles. The van der Waals surface area contributed by atoms with Crippen LogP contribution in [-0.2, 0) is 4.79 Å². The average molecular weight is 242 g/mol. The average Bonchev–Trinajstić information content (AvgIpc) is 2.32. The molecule has 0 aliphatic carbocycles. The maximum Gasteiger partial charge on any atom is 0.336 e. The number of hydrogen-bond donors (Lipinski definition) is 1. The molecule has 18 heavy (non-hydrogen) atoms. The summed E-state index contributed by atoms with van der Waals surface area (Å²) in [6.45, 7) is 3.66. The van der Waals surface area contributed by atoms with Crippen molar-refractivity contribution >= 4 is 16.7 Å². The molecule has 0 atom stereocenters. The minimum absolute atomic E-state index is 0.174. The van der Waals surface area contributed by atoms with Crippen molar-refractivity contribution in [2.24, 2.45) is 0 Å². The van der Waals surface area contributed by atoms with E-state index in [9.17, 15) is 9.90 Å². The van der Waals surface area contributed by atoms with Crippen molar-refractivity contribution < 1.29 is 14.6 Å². The summed E-state index contributed by atoms with van der Waals surface area (Å²) in [5.74, 6) is 0.212. The third kappa shape index (κ3) is 2.51. The quantitative estimate of drug-likeness (QED) is 0.498. The van der Waals surface area contributed by atoms with Gasteiger partial charge in [0.1, 0.15) is 11.5 Å². The minimum Gasteiger partial charge on any atom is -0.507 e. The van der Waals surface area contributed by atoms with Crippen molar-refractivity contribution in [2.45, 2.75) is 13.8 Å². The van der Waals surface area contributed by atoms with Gasteiger partial charge in [-0.1, -0.05) is 29.8 Å². The first kappa shape index (κ1) is 12.2. The van der Waals surface area contributed by atoms with E-state index in [2.05, 4.69) is 0 Å². The highest BCUT2D eigenvalue weighted by Gasteiger charge is 2.08. The Hall–Kier alpha value is -2.29. The number of carbonyl (C=O) groups excluding carboxylic acids is 1. The van der Waals surface area contributed by atoms with Crippen LogP contribution in [0.15, 0.2) is 48.0 Å². The summed E-state index contributed by atoms with van der Waals surface area (Å²) in [6, 6.07) is 10.4. The number of carbonyl (C=O) groups is 1. The second-order valence-electron chi connectivity index (χ2n) is 4.27. The summed E-state index contributed by atoms with van der Waals surface area (Å²) in [5, 5.41) is 11.1. The van der Waals surface area contributed by atoms with E-state index in [-0.39, 0.29) is 5.75 Å². The molecule has 0 fully saturated rings. The van der Waals surface area contributed by atoms with Crippen molar-refractivity contribution in [3.05, 3.63) is 48.0 Å². The van der Waals surface area contributed by atoms with Crippen LogP contribution < -0.4 is 4.74 Å². The monoisotopic (exact) mass is 242 g/mol. The van der Waals surface area contributed by atoms with Crippen LogP contribution in [0.3, 0.4) is 0 Å². The van der Waals surface area contributed by atoms with Crippen LogP contribution in [0.1, 0.15) is 13.8 Å². The summed E-state index contributed by atoms with van der Waals surface area (Å²) in [4.78, 5) is 11.6. The Bertz CT molecular complexity index is 623. The topological polar surface area (TPSA) is 46.5 Å². The molecule has 2 aromatic rings. The first-order valence-electron chi connectivity index (χ1n) is 5.65. The molecular formula is C15H14O3. The van der Waals surface area contributed by atoms with E-state index in [0.29, 0.717) is 16.5 Å². The van der Waals surface area contributed by atoms with Gasteiger partial charge in [0.05, 0.1) is 0 Å². The van der Waals surface area contributed by atoms with E-state index in [4.69, 9.17) is 4.74 Å². The molecule has 1 N–H and O–H groups in total. The molecule has 0 saturated heterocycles. The first-order chi connectivity index (χ1) is 8.58. The zero-order valence-electron chi connectivity index (χ0n) is 10.3. The van der Waals surface area contributed by atoms with E-state index in [1.54, 1.807) is 18.2 Å². The highest BCUT2D eigenvalue weighted by atomic mass is 16.5. The molecule has 0 saturated carbocycles. The largest absolute Gasteiger partial charge is 0.507 e. The zero-order chi connectivity index (χ0) is 13.1. The third-order valence-electron chi connectivity index (χ3n) is 2.48. The Morgan fingerprint density at radius 2 is 1.78 bits per heavy atom. The summed E-state index contributed by atoms with van der Waals surface area (Å²) in [6.07, 6.45) is 1.43. The van der Waals surface area contributed by atoms with Gasteiger partial charge >= 0.3 is 5.97 Å². The summed E-state index contributed by atoms with van der Waals surface area (Å²) >= 11 is 0. The van der Waals surface area contributed by atoms with Crippen molar-refractivity contribution in [3.8, 4) is 11.5 Å². The van der Waals surface area contributed by atoms with Crippen LogP contribution in [0.25, 0.3) is 10.8 Å². The molecular weight excluding hydrogens is 228 g/mol. The lowest BCUT2D eigenvalue weighted by atomic mass is 10.1. The molecule has 3 heteroatoms. The van der Waals surface area contributed by atoms with Gasteiger partial charge in [0, 0.05) is 16.8 Å². The number of rotatable bonds is 2. The summed E-state index contributed by atoms with van der Waals surface area (Å²) < 4.78 is 5.27. The smallest absolute Gasteiger partial charge is 0.336 e. The maximum absolute atomic E-state index is 11.6. The molecule has 0 spiro atoms. The number of ether oxygens (including phenoxy) is 1. The highest BCUT2D eigenvalue weighted by Crippen LogP contribution is 2.32. The maximum atomic E-state index is 11.6. The van der Waals surface area contributed by atoms with Crippen molar-refractivity contribution in [2.75, 3.05) is 0 Å². The number of aromatic hydroxyl groups is 1. The molecule has 0 aliphatic rings. The van der Waals surface area contributed by atoms with E-state index in [0.717, 1.165) is 5.57 Å². The number of hydrogen-bond acceptors (Lipinski definition) is 3. The van der Waals surface area contributed by atoms with Crippen molar-refractivity contribution in [3.63, 3.8) is 0 Å². The Labute approximate surface area is 105 Å². The summed E-state index contributed by atoms with van der Waals surface area (Å²) in [5.41, 5.74) is 0.878. The molecule has 0 aromatic heterocycles. The van der Waals surface area contributed by atoms with E-state index < -0.39 is 5.97 Å². The van der Waals surface area contributed by atoms with Gasteiger partial charge in [0.15, 0.2) is 0 Å². The van der Waals surface area contributed by atoms with Gasteiger partial charge in [0.2, 0.25) is 0 Å². The van der Waals surface area contributed by atoms with E-state index >= 15 is 0 Å². The van der Waals surface area contributed by atoms with Gasteiger partial charge in [-0.2, -0.15) is 0 Å². The van der Waals surface area contributed by atoms with Crippen LogP contribution in [0.4, 0.5) is 0 Å². The molecule has 0 radical (unpaired) electrons. The second-order valence-corrected chi connectivity index (χ2v) is 4.27. The van der Waals surface area contributed by atoms with Crippen LogP contribution in [-0.4, -0.2) is 11.1 Å². The van der Waals surface area contributed by atoms with Crippen LogP contribution in [0.2, 0.25) is 0 Å². The van der Waals surface area contributed by atoms with Gasteiger partial charge in [-0.25, -0.2) is 4.79 Å². The molecule has 3 nitrogen and oxygen atoms in total. The molecule has 0 amide bonds. The van der Waals surface area contributed by atoms with Gasteiger partial charge < -0.3 is 9.84 Å². The predicted molar refractivity (Wildman–Crippen MR) is 70.7 cm³/mol. The van der Waals surface area contributed by atoms with Gasteiger partial charge in [-0.15, -0.1) is 0 Å². The number of phenols is 1. The van der Waals surface area contributed by atoms with Crippen LogP contribution in [0.5, 0.6) is 11.5 Å². The molecule has 0 bridgehead atoms. The van der Waals surface area contributed by atoms with Gasteiger partial charge in [-0.05, 0) is 26.0 Å².